The molecular formula is C14H18N4O2. The van der Waals surface area contributed by atoms with Gasteiger partial charge in [-0.15, -0.1) is 0 Å². The molecule has 2 N–H and O–H groups in total. The minimum Gasteiger partial charge on any atom is -0.396 e. The van der Waals surface area contributed by atoms with Gasteiger partial charge in [-0.05, 0) is 12.8 Å². The van der Waals surface area contributed by atoms with E-state index in [0.29, 0.717) is 28.4 Å². The Bertz CT molecular complexity index is 647. The van der Waals surface area contributed by atoms with Gasteiger partial charge in [0.1, 0.15) is 5.69 Å². The zero-order valence-electron chi connectivity index (χ0n) is 11.8. The second-order valence-corrected chi connectivity index (χ2v) is 5.31. The fourth-order valence-electron chi connectivity index (χ4n) is 2.08. The lowest BCUT2D eigenvalue weighted by Gasteiger charge is -2.04. The second-order valence-electron chi connectivity index (χ2n) is 5.31. The monoisotopic (exact) mass is 274 g/mol. The molecule has 0 aliphatic heterocycles. The van der Waals surface area contributed by atoms with Crippen molar-refractivity contribution in [2.45, 2.75) is 27.3 Å². The van der Waals surface area contributed by atoms with Crippen LogP contribution in [0.1, 0.15) is 19.4 Å². The van der Waals surface area contributed by atoms with Gasteiger partial charge in [-0.3, -0.25) is 14.8 Å². The van der Waals surface area contributed by atoms with E-state index in [1.165, 1.54) is 6.07 Å². The van der Waals surface area contributed by atoms with Gasteiger partial charge in [0.15, 0.2) is 0 Å². The number of nitrogens with zero attached hydrogens (tertiary/aromatic N) is 3. The third-order valence-electron chi connectivity index (χ3n) is 3.02. The standard InChI is InChI=1S/C14H18N4O2/c1-9(2)7-17-8-12(15)14(16-17)11-5-4-10(3)13(6-11)18(19)20/h4-6,8-9H,7,15H2,1-3H3. The van der Waals surface area contributed by atoms with E-state index in [1.54, 1.807) is 29.9 Å². The molecule has 2 aromatic rings. The Morgan fingerprint density at radius 2 is 2.15 bits per heavy atom. The fraction of sp³-hybridized carbons (Fsp3) is 0.357. The first-order valence-electron chi connectivity index (χ1n) is 6.47. The highest BCUT2D eigenvalue weighted by molar-refractivity contribution is 5.74. The Labute approximate surface area is 117 Å². The van der Waals surface area contributed by atoms with Gasteiger partial charge in [-0.2, -0.15) is 5.10 Å². The van der Waals surface area contributed by atoms with Crippen molar-refractivity contribution >= 4 is 11.4 Å². The molecule has 0 atom stereocenters. The van der Waals surface area contributed by atoms with Crippen LogP contribution in [0.5, 0.6) is 0 Å². The van der Waals surface area contributed by atoms with Gasteiger partial charge < -0.3 is 5.73 Å². The Balaban J connectivity index is 2.44. The van der Waals surface area contributed by atoms with Crippen LogP contribution in [0.3, 0.4) is 0 Å². The number of hydrogen-bond acceptors (Lipinski definition) is 4. The summed E-state index contributed by atoms with van der Waals surface area (Å²) in [5.74, 6) is 0.453. The van der Waals surface area contributed by atoms with E-state index < -0.39 is 0 Å². The number of nitrogens with two attached hydrogens (primary N) is 1. The SMILES string of the molecule is Cc1ccc(-c2nn(CC(C)C)cc2N)cc1[N+](=O)[O-]. The van der Waals surface area contributed by atoms with Crippen LogP contribution in [0.25, 0.3) is 11.3 Å². The van der Waals surface area contributed by atoms with Gasteiger partial charge in [0.05, 0.1) is 10.6 Å². The highest BCUT2D eigenvalue weighted by atomic mass is 16.6. The fourth-order valence-corrected chi connectivity index (χ4v) is 2.08. The molecule has 0 fully saturated rings. The first-order chi connectivity index (χ1) is 9.38. The normalized spacial score (nSPS) is 11.0. The zero-order valence-corrected chi connectivity index (χ0v) is 11.8. The maximum Gasteiger partial charge on any atom is 0.272 e. The minimum atomic E-state index is -0.389. The smallest absolute Gasteiger partial charge is 0.272 e. The molecule has 20 heavy (non-hydrogen) atoms. The number of nitro groups is 1. The van der Waals surface area contributed by atoms with Crippen LogP contribution in [0.2, 0.25) is 0 Å². The molecule has 0 saturated heterocycles. The molecule has 1 heterocycles. The Hall–Kier alpha value is -2.37. The van der Waals surface area contributed by atoms with Crippen molar-refractivity contribution in [3.05, 3.63) is 40.1 Å². The van der Waals surface area contributed by atoms with Crippen molar-refractivity contribution < 1.29 is 4.92 Å². The Kier molecular flexibility index (Phi) is 3.74. The number of nitrogen functional groups attached to an aromatic ring is 1. The summed E-state index contributed by atoms with van der Waals surface area (Å²) < 4.78 is 1.78. The van der Waals surface area contributed by atoms with E-state index in [-0.39, 0.29) is 10.6 Å². The van der Waals surface area contributed by atoms with Crippen LogP contribution in [0, 0.1) is 23.0 Å². The molecule has 106 valence electrons. The minimum absolute atomic E-state index is 0.0836. The molecule has 0 radical (unpaired) electrons. The summed E-state index contributed by atoms with van der Waals surface area (Å²) in [7, 11) is 0. The number of benzene rings is 1. The van der Waals surface area contributed by atoms with Crippen molar-refractivity contribution in [2.24, 2.45) is 5.92 Å². The molecule has 0 unspecified atom stereocenters. The average Bonchev–Trinajstić information content (AvgIpc) is 2.69. The molecule has 0 bridgehead atoms. The summed E-state index contributed by atoms with van der Waals surface area (Å²) in [6.07, 6.45) is 1.76. The third-order valence-corrected chi connectivity index (χ3v) is 3.02. The maximum absolute atomic E-state index is 11.0. The van der Waals surface area contributed by atoms with Crippen molar-refractivity contribution in [3.63, 3.8) is 0 Å². The summed E-state index contributed by atoms with van der Waals surface area (Å²) >= 11 is 0. The topological polar surface area (TPSA) is 87.0 Å². The predicted molar refractivity (Wildman–Crippen MR) is 78.3 cm³/mol. The predicted octanol–water partition coefficient (Wildman–Crippen LogP) is 3.00. The lowest BCUT2D eigenvalue weighted by atomic mass is 10.1. The molecule has 0 spiro atoms. The van der Waals surface area contributed by atoms with E-state index in [9.17, 15) is 10.1 Å². The first-order valence-corrected chi connectivity index (χ1v) is 6.47. The van der Waals surface area contributed by atoms with Gasteiger partial charge in [0.2, 0.25) is 0 Å². The van der Waals surface area contributed by atoms with E-state index in [2.05, 4.69) is 18.9 Å². The van der Waals surface area contributed by atoms with Gasteiger partial charge >= 0.3 is 0 Å². The number of rotatable bonds is 4. The average molecular weight is 274 g/mol. The summed E-state index contributed by atoms with van der Waals surface area (Å²) in [5.41, 5.74) is 8.46. The molecule has 0 aliphatic carbocycles. The second kappa shape index (κ2) is 5.32. The molecule has 6 nitrogen and oxygen atoms in total. The zero-order chi connectivity index (χ0) is 14.9. The number of nitro benzene ring substituents is 1. The Morgan fingerprint density at radius 1 is 1.45 bits per heavy atom. The van der Waals surface area contributed by atoms with E-state index in [4.69, 9.17) is 5.73 Å². The van der Waals surface area contributed by atoms with Crippen molar-refractivity contribution in [1.29, 1.82) is 0 Å². The van der Waals surface area contributed by atoms with Crippen LogP contribution in [0.15, 0.2) is 24.4 Å². The number of hydrogen-bond donors (Lipinski definition) is 1. The van der Waals surface area contributed by atoms with Gasteiger partial charge in [0, 0.05) is 29.9 Å². The summed E-state index contributed by atoms with van der Waals surface area (Å²) in [5, 5.41) is 15.4. The molecular weight excluding hydrogens is 256 g/mol. The molecule has 0 saturated carbocycles. The van der Waals surface area contributed by atoms with E-state index in [1.807, 2.05) is 0 Å². The van der Waals surface area contributed by atoms with E-state index >= 15 is 0 Å². The highest BCUT2D eigenvalue weighted by Crippen LogP contribution is 2.29. The number of aromatic nitrogens is 2. The van der Waals surface area contributed by atoms with Gasteiger partial charge in [-0.1, -0.05) is 26.0 Å². The van der Waals surface area contributed by atoms with Crippen LogP contribution in [-0.4, -0.2) is 14.7 Å². The first kappa shape index (κ1) is 14.0. The maximum atomic E-state index is 11.0. The van der Waals surface area contributed by atoms with Crippen LogP contribution < -0.4 is 5.73 Å². The molecule has 0 aliphatic rings. The van der Waals surface area contributed by atoms with Crippen LogP contribution in [-0.2, 0) is 6.54 Å². The highest BCUT2D eigenvalue weighted by Gasteiger charge is 2.15. The molecule has 0 amide bonds. The van der Waals surface area contributed by atoms with Gasteiger partial charge in [-0.25, -0.2) is 0 Å². The Morgan fingerprint density at radius 3 is 2.75 bits per heavy atom. The van der Waals surface area contributed by atoms with Crippen molar-refractivity contribution in [3.8, 4) is 11.3 Å². The van der Waals surface area contributed by atoms with Crippen LogP contribution in [0.4, 0.5) is 11.4 Å². The summed E-state index contributed by atoms with van der Waals surface area (Å²) in [6, 6.07) is 5.04. The lowest BCUT2D eigenvalue weighted by Crippen LogP contribution is -2.04. The number of anilines is 1. The van der Waals surface area contributed by atoms with E-state index in [0.717, 1.165) is 6.54 Å². The number of aryl methyl sites for hydroxylation is 1. The largest absolute Gasteiger partial charge is 0.396 e. The van der Waals surface area contributed by atoms with Crippen molar-refractivity contribution in [2.75, 3.05) is 5.73 Å². The van der Waals surface area contributed by atoms with Crippen molar-refractivity contribution in [1.82, 2.24) is 9.78 Å². The lowest BCUT2D eigenvalue weighted by molar-refractivity contribution is -0.385. The molecule has 1 aromatic carbocycles. The molecule has 2 rings (SSSR count). The molecule has 6 heteroatoms. The van der Waals surface area contributed by atoms with Crippen LogP contribution >= 0.6 is 0 Å². The quantitative estimate of drug-likeness (QED) is 0.685. The van der Waals surface area contributed by atoms with Gasteiger partial charge in [0.25, 0.3) is 5.69 Å². The third kappa shape index (κ3) is 2.79. The summed E-state index contributed by atoms with van der Waals surface area (Å²) in [6.45, 7) is 6.66. The summed E-state index contributed by atoms with van der Waals surface area (Å²) in [4.78, 5) is 10.6. The molecule has 1 aromatic heterocycles.